The molecule has 0 saturated carbocycles. The molecule has 1 aliphatic heterocycles. The highest BCUT2D eigenvalue weighted by Gasteiger charge is 2.35. The van der Waals surface area contributed by atoms with Crippen LogP contribution in [0, 0.1) is 6.92 Å². The maximum atomic E-state index is 13.5. The summed E-state index contributed by atoms with van der Waals surface area (Å²) in [4.78, 5) is 3.57. The van der Waals surface area contributed by atoms with E-state index in [1.54, 1.807) is 35.3 Å². The van der Waals surface area contributed by atoms with E-state index in [0.717, 1.165) is 18.0 Å². The van der Waals surface area contributed by atoms with Crippen molar-refractivity contribution in [1.29, 1.82) is 0 Å². The Labute approximate surface area is 243 Å². The van der Waals surface area contributed by atoms with E-state index in [1.165, 1.54) is 23.6 Å². The first-order valence-electron chi connectivity index (χ1n) is 12.1. The van der Waals surface area contributed by atoms with Gasteiger partial charge in [0.05, 0.1) is 29.4 Å². The predicted octanol–water partition coefficient (Wildman–Crippen LogP) is 7.00. The van der Waals surface area contributed by atoms with Gasteiger partial charge in [-0.05, 0) is 60.0 Å². The van der Waals surface area contributed by atoms with Crippen molar-refractivity contribution in [3.05, 3.63) is 93.5 Å². The normalized spacial score (nSPS) is 15.6. The van der Waals surface area contributed by atoms with E-state index in [0.29, 0.717) is 27.5 Å². The second-order valence-corrected chi connectivity index (χ2v) is 12.3. The summed E-state index contributed by atoms with van der Waals surface area (Å²) >= 11 is 12.4. The molecule has 2 heterocycles. The number of aliphatic hydroxyl groups is 1. The second-order valence-electron chi connectivity index (χ2n) is 9.44. The van der Waals surface area contributed by atoms with Crippen LogP contribution < -0.4 is 5.01 Å². The van der Waals surface area contributed by atoms with E-state index in [2.05, 4.69) is 15.3 Å². The number of anilines is 1. The van der Waals surface area contributed by atoms with Crippen LogP contribution in [0.5, 0.6) is 0 Å². The van der Waals surface area contributed by atoms with E-state index < -0.39 is 34.4 Å². The Kier molecular flexibility index (Phi) is 7.62. The summed E-state index contributed by atoms with van der Waals surface area (Å²) in [6.07, 6.45) is -2.73. The van der Waals surface area contributed by atoms with E-state index >= 15 is 0 Å². The van der Waals surface area contributed by atoms with Crippen molar-refractivity contribution < 1.29 is 26.7 Å². The van der Waals surface area contributed by atoms with Gasteiger partial charge in [0.2, 0.25) is 0 Å². The molecular formula is C27H22Cl2F3N5O3S. The van der Waals surface area contributed by atoms with E-state index in [9.17, 15) is 26.7 Å². The minimum atomic E-state index is -4.65. The fourth-order valence-electron chi connectivity index (χ4n) is 4.67. The van der Waals surface area contributed by atoms with Gasteiger partial charge < -0.3 is 9.67 Å². The van der Waals surface area contributed by atoms with Crippen LogP contribution in [0.4, 0.5) is 18.9 Å². The molecule has 8 nitrogen and oxygen atoms in total. The molecule has 0 amide bonds. The van der Waals surface area contributed by atoms with Crippen molar-refractivity contribution in [2.45, 2.75) is 30.6 Å². The lowest BCUT2D eigenvalue weighted by atomic mass is 10.0. The minimum absolute atomic E-state index is 0.0521. The average Bonchev–Trinajstić information content (AvgIpc) is 3.55. The van der Waals surface area contributed by atoms with E-state index in [1.807, 2.05) is 12.1 Å². The Morgan fingerprint density at radius 3 is 2.34 bits per heavy atom. The summed E-state index contributed by atoms with van der Waals surface area (Å²) in [5.74, 6) is 0.0974. The average molecular weight is 624 g/mol. The number of aromatic nitrogens is 2. The number of halogens is 5. The zero-order valence-corrected chi connectivity index (χ0v) is 23.9. The van der Waals surface area contributed by atoms with Gasteiger partial charge in [0, 0.05) is 28.1 Å². The molecule has 0 spiro atoms. The molecule has 0 fully saturated rings. The quantitative estimate of drug-likeness (QED) is 0.249. The smallest absolute Gasteiger partial charge is 0.392 e. The first kappa shape index (κ1) is 29.1. The van der Waals surface area contributed by atoms with Gasteiger partial charge in [0.15, 0.2) is 15.5 Å². The number of benzene rings is 3. The molecule has 3 aromatic carbocycles. The van der Waals surface area contributed by atoms with Gasteiger partial charge in [-0.25, -0.2) is 18.4 Å². The van der Waals surface area contributed by atoms with Crippen LogP contribution in [0.15, 0.2) is 76.0 Å². The number of aliphatic hydroxyl groups excluding tert-OH is 1. The van der Waals surface area contributed by atoms with Crippen molar-refractivity contribution in [1.82, 2.24) is 9.55 Å². The molecule has 0 bridgehead atoms. The molecule has 14 heteroatoms. The molecule has 214 valence electrons. The number of hydrogen-bond acceptors (Lipinski definition) is 7. The standard InChI is InChI=1S/C27H22Cl2F3N5O3S/c1-15-34-26(27(30,31)32)13-36(15)22-8-5-17(18-9-21(29)20(14-38)25(11-18)41(2,39)40)10-23(22)37-24(12-33-35-37)16-3-6-19(28)7-4-16/h3-11,13,24,38H,12,14H2,1-2H3. The fourth-order valence-corrected chi connectivity index (χ4v) is 6.10. The third-order valence-corrected chi connectivity index (χ3v) is 8.42. The number of sulfone groups is 1. The van der Waals surface area contributed by atoms with Crippen LogP contribution in [-0.4, -0.2) is 35.9 Å². The molecule has 1 aliphatic rings. The molecule has 1 N–H and O–H groups in total. The molecule has 0 aliphatic carbocycles. The van der Waals surface area contributed by atoms with Crippen molar-refractivity contribution in [2.24, 2.45) is 10.3 Å². The summed E-state index contributed by atoms with van der Waals surface area (Å²) in [5.41, 5.74) is 1.50. The monoisotopic (exact) mass is 623 g/mol. The second kappa shape index (κ2) is 10.8. The van der Waals surface area contributed by atoms with Gasteiger partial charge in [-0.1, -0.05) is 46.6 Å². The first-order valence-corrected chi connectivity index (χ1v) is 14.8. The molecule has 41 heavy (non-hydrogen) atoms. The van der Waals surface area contributed by atoms with Crippen molar-refractivity contribution in [3.63, 3.8) is 0 Å². The molecule has 1 atom stereocenters. The number of rotatable bonds is 6. The third-order valence-electron chi connectivity index (χ3n) is 6.66. The predicted molar refractivity (Wildman–Crippen MR) is 149 cm³/mol. The highest BCUT2D eigenvalue weighted by atomic mass is 35.5. The highest BCUT2D eigenvalue weighted by Crippen LogP contribution is 2.41. The van der Waals surface area contributed by atoms with Crippen LogP contribution in [0.1, 0.15) is 28.7 Å². The van der Waals surface area contributed by atoms with Gasteiger partial charge >= 0.3 is 6.18 Å². The van der Waals surface area contributed by atoms with Gasteiger partial charge in [-0.15, -0.1) is 0 Å². The molecule has 5 rings (SSSR count). The van der Waals surface area contributed by atoms with Crippen LogP contribution in [-0.2, 0) is 22.6 Å². The summed E-state index contributed by atoms with van der Waals surface area (Å²) in [6, 6.07) is 14.5. The zero-order chi connectivity index (χ0) is 29.7. The molecule has 1 unspecified atom stereocenters. The van der Waals surface area contributed by atoms with Crippen LogP contribution in [0.25, 0.3) is 16.8 Å². The lowest BCUT2D eigenvalue weighted by Gasteiger charge is -2.26. The van der Waals surface area contributed by atoms with Gasteiger partial charge in [-0.2, -0.15) is 18.3 Å². The Morgan fingerprint density at radius 2 is 1.73 bits per heavy atom. The molecule has 0 radical (unpaired) electrons. The van der Waals surface area contributed by atoms with Gasteiger partial charge in [-0.3, -0.25) is 0 Å². The molecular weight excluding hydrogens is 602 g/mol. The summed E-state index contributed by atoms with van der Waals surface area (Å²) in [6.45, 7) is 1.15. The number of hydrogen-bond donors (Lipinski definition) is 1. The Hall–Kier alpha value is -3.45. The molecule has 4 aromatic rings. The topological polar surface area (TPSA) is 100 Å². The molecule has 1 aromatic heterocycles. The number of aryl methyl sites for hydroxylation is 1. The van der Waals surface area contributed by atoms with E-state index in [-0.39, 0.29) is 27.9 Å². The maximum Gasteiger partial charge on any atom is 0.434 e. The van der Waals surface area contributed by atoms with Crippen LogP contribution in [0.2, 0.25) is 10.0 Å². The lowest BCUT2D eigenvalue weighted by molar-refractivity contribution is -0.141. The fraction of sp³-hybridized carbons (Fsp3) is 0.222. The van der Waals surface area contributed by atoms with Crippen molar-refractivity contribution >= 4 is 38.7 Å². The van der Waals surface area contributed by atoms with Gasteiger partial charge in [0.1, 0.15) is 11.9 Å². The number of alkyl halides is 3. The molecule has 0 saturated heterocycles. The summed E-state index contributed by atoms with van der Waals surface area (Å²) in [7, 11) is -3.76. The Morgan fingerprint density at radius 1 is 1.02 bits per heavy atom. The maximum absolute atomic E-state index is 13.5. The van der Waals surface area contributed by atoms with Crippen LogP contribution >= 0.6 is 23.2 Å². The summed E-state index contributed by atoms with van der Waals surface area (Å²) in [5, 5.41) is 20.4. The highest BCUT2D eigenvalue weighted by molar-refractivity contribution is 7.90. The third kappa shape index (κ3) is 5.69. The SMILES string of the molecule is Cc1nc(C(F)(F)F)cn1-c1ccc(-c2cc(Cl)c(CO)c(S(C)(=O)=O)c2)cc1N1N=NCC1c1ccc(Cl)cc1. The van der Waals surface area contributed by atoms with Crippen molar-refractivity contribution in [2.75, 3.05) is 17.8 Å². The summed E-state index contributed by atoms with van der Waals surface area (Å²) < 4.78 is 66.9. The van der Waals surface area contributed by atoms with Crippen LogP contribution in [0.3, 0.4) is 0 Å². The zero-order valence-electron chi connectivity index (χ0n) is 21.6. The Bertz CT molecular complexity index is 1770. The number of nitrogens with zero attached hydrogens (tertiary/aromatic N) is 5. The first-order chi connectivity index (χ1) is 19.3. The van der Waals surface area contributed by atoms with E-state index in [4.69, 9.17) is 23.2 Å². The largest absolute Gasteiger partial charge is 0.434 e. The van der Waals surface area contributed by atoms with Crippen molar-refractivity contribution in [3.8, 4) is 16.8 Å². The lowest BCUT2D eigenvalue weighted by Crippen LogP contribution is -2.22. The Balaban J connectivity index is 1.72. The number of imidazole rings is 1. The van der Waals surface area contributed by atoms with Gasteiger partial charge in [0.25, 0.3) is 0 Å². The minimum Gasteiger partial charge on any atom is -0.392 e.